The molecule has 2 aromatic carbocycles. The highest BCUT2D eigenvalue weighted by Gasteiger charge is 2.11. The smallest absolute Gasteiger partial charge is 0.0443 e. The van der Waals surface area contributed by atoms with Crippen LogP contribution in [-0.4, -0.2) is 13.1 Å². The molecule has 2 N–H and O–H groups in total. The van der Waals surface area contributed by atoms with Gasteiger partial charge in [0.2, 0.25) is 0 Å². The van der Waals surface area contributed by atoms with E-state index in [0.29, 0.717) is 6.54 Å². The molecule has 0 spiro atoms. The third-order valence-electron chi connectivity index (χ3n) is 3.50. The van der Waals surface area contributed by atoms with Crippen LogP contribution in [0.5, 0.6) is 0 Å². The molecule has 106 valence electrons. The van der Waals surface area contributed by atoms with Gasteiger partial charge in [0.15, 0.2) is 0 Å². The first-order valence-corrected chi connectivity index (χ1v) is 7.47. The van der Waals surface area contributed by atoms with E-state index in [1.54, 1.807) is 0 Å². The molecule has 0 saturated heterocycles. The molecule has 0 amide bonds. The maximum absolute atomic E-state index is 5.75. The quantitative estimate of drug-likeness (QED) is 0.818. The number of hydrogen-bond acceptors (Lipinski definition) is 2. The van der Waals surface area contributed by atoms with Crippen molar-refractivity contribution in [3.63, 3.8) is 0 Å². The summed E-state index contributed by atoms with van der Waals surface area (Å²) in [7, 11) is 0. The Balaban J connectivity index is 2.36. The molecule has 0 aliphatic rings. The number of para-hydroxylation sites is 2. The fourth-order valence-corrected chi connectivity index (χ4v) is 2.45. The van der Waals surface area contributed by atoms with E-state index >= 15 is 0 Å². The lowest BCUT2D eigenvalue weighted by molar-refractivity contribution is 0.782. The topological polar surface area (TPSA) is 29.3 Å². The summed E-state index contributed by atoms with van der Waals surface area (Å²) in [5.74, 6) is 0. The molecule has 2 rings (SSSR count). The lowest BCUT2D eigenvalue weighted by Gasteiger charge is -2.27. The lowest BCUT2D eigenvalue weighted by atomic mass is 10.1. The average Bonchev–Trinajstić information content (AvgIpc) is 2.50. The van der Waals surface area contributed by atoms with E-state index in [1.807, 2.05) is 0 Å². The molecular formula is C18H24N2. The highest BCUT2D eigenvalue weighted by Crippen LogP contribution is 2.29. The molecule has 0 aromatic heterocycles. The second-order valence-corrected chi connectivity index (χ2v) is 5.01. The Morgan fingerprint density at radius 1 is 0.950 bits per heavy atom. The van der Waals surface area contributed by atoms with Crippen LogP contribution in [0, 0.1) is 0 Å². The first-order chi connectivity index (χ1) is 9.86. The third-order valence-corrected chi connectivity index (χ3v) is 3.50. The number of benzene rings is 2. The zero-order valence-corrected chi connectivity index (χ0v) is 12.3. The van der Waals surface area contributed by atoms with Crippen LogP contribution in [0.25, 0.3) is 0 Å². The normalized spacial score (nSPS) is 10.5. The van der Waals surface area contributed by atoms with E-state index in [-0.39, 0.29) is 0 Å². The molecule has 2 nitrogen and oxygen atoms in total. The molecule has 0 heterocycles. The van der Waals surface area contributed by atoms with Crippen LogP contribution in [0.4, 0.5) is 11.4 Å². The van der Waals surface area contributed by atoms with Crippen molar-refractivity contribution in [1.82, 2.24) is 0 Å². The van der Waals surface area contributed by atoms with Crippen molar-refractivity contribution < 1.29 is 0 Å². The largest absolute Gasteiger partial charge is 0.341 e. The number of hydrogen-bond donors (Lipinski definition) is 1. The Morgan fingerprint density at radius 3 is 2.35 bits per heavy atom. The van der Waals surface area contributed by atoms with Gasteiger partial charge in [0.25, 0.3) is 0 Å². The van der Waals surface area contributed by atoms with Crippen LogP contribution in [0.15, 0.2) is 54.6 Å². The molecule has 0 aliphatic heterocycles. The second-order valence-electron chi connectivity index (χ2n) is 5.01. The van der Waals surface area contributed by atoms with Gasteiger partial charge in [-0.3, -0.25) is 0 Å². The van der Waals surface area contributed by atoms with Gasteiger partial charge >= 0.3 is 0 Å². The van der Waals surface area contributed by atoms with Gasteiger partial charge in [-0.1, -0.05) is 49.7 Å². The predicted molar refractivity (Wildman–Crippen MR) is 87.6 cm³/mol. The molecule has 0 unspecified atom stereocenters. The minimum atomic E-state index is 0.688. The third kappa shape index (κ3) is 3.61. The Morgan fingerprint density at radius 2 is 1.65 bits per heavy atom. The van der Waals surface area contributed by atoms with Crippen molar-refractivity contribution in [2.75, 3.05) is 18.0 Å². The first kappa shape index (κ1) is 14.6. The minimum absolute atomic E-state index is 0.688. The first-order valence-electron chi connectivity index (χ1n) is 7.47. The summed E-state index contributed by atoms with van der Waals surface area (Å²) < 4.78 is 0. The molecule has 20 heavy (non-hydrogen) atoms. The summed E-state index contributed by atoms with van der Waals surface area (Å²) in [6.45, 7) is 3.96. The monoisotopic (exact) mass is 268 g/mol. The minimum Gasteiger partial charge on any atom is -0.341 e. The molecule has 0 fully saturated rings. The van der Waals surface area contributed by atoms with Crippen LogP contribution >= 0.6 is 0 Å². The van der Waals surface area contributed by atoms with Crippen molar-refractivity contribution >= 4 is 11.4 Å². The number of nitrogens with zero attached hydrogens (tertiary/aromatic N) is 1. The standard InChI is InChI=1S/C18H24N2/c1-2-3-15-20(17-10-5-4-6-11-17)18-12-8-7-9-16(18)13-14-19/h4-12H,2-3,13-15,19H2,1H3. The molecule has 2 aromatic rings. The van der Waals surface area contributed by atoms with Gasteiger partial charge in [0, 0.05) is 17.9 Å². The van der Waals surface area contributed by atoms with E-state index in [4.69, 9.17) is 5.73 Å². The van der Waals surface area contributed by atoms with Gasteiger partial charge in [-0.05, 0) is 43.1 Å². The van der Waals surface area contributed by atoms with Crippen LogP contribution in [-0.2, 0) is 6.42 Å². The summed E-state index contributed by atoms with van der Waals surface area (Å²) in [6, 6.07) is 19.2. The zero-order valence-electron chi connectivity index (χ0n) is 12.3. The van der Waals surface area contributed by atoms with Gasteiger partial charge in [-0.15, -0.1) is 0 Å². The molecular weight excluding hydrogens is 244 g/mol. The van der Waals surface area contributed by atoms with Crippen molar-refractivity contribution in [3.8, 4) is 0 Å². The Labute approximate surface area is 122 Å². The number of unbranched alkanes of at least 4 members (excludes halogenated alkanes) is 1. The van der Waals surface area contributed by atoms with Crippen LogP contribution in [0.1, 0.15) is 25.3 Å². The molecule has 0 radical (unpaired) electrons. The summed E-state index contributed by atoms with van der Waals surface area (Å²) >= 11 is 0. The van der Waals surface area contributed by atoms with Gasteiger partial charge in [0.05, 0.1) is 0 Å². The summed E-state index contributed by atoms with van der Waals surface area (Å²) in [5, 5.41) is 0. The summed E-state index contributed by atoms with van der Waals surface area (Å²) in [4.78, 5) is 2.41. The van der Waals surface area contributed by atoms with Gasteiger partial charge in [-0.2, -0.15) is 0 Å². The van der Waals surface area contributed by atoms with E-state index in [9.17, 15) is 0 Å². The Bertz CT molecular complexity index is 508. The van der Waals surface area contributed by atoms with E-state index in [0.717, 1.165) is 13.0 Å². The van der Waals surface area contributed by atoms with E-state index < -0.39 is 0 Å². The van der Waals surface area contributed by atoms with Crippen molar-refractivity contribution in [3.05, 3.63) is 60.2 Å². The molecule has 0 aliphatic carbocycles. The fraction of sp³-hybridized carbons (Fsp3) is 0.333. The fourth-order valence-electron chi connectivity index (χ4n) is 2.45. The number of anilines is 2. The highest BCUT2D eigenvalue weighted by molar-refractivity contribution is 5.66. The van der Waals surface area contributed by atoms with Gasteiger partial charge < -0.3 is 10.6 Å². The maximum Gasteiger partial charge on any atom is 0.0443 e. The summed E-state index contributed by atoms with van der Waals surface area (Å²) in [5.41, 5.74) is 9.62. The zero-order chi connectivity index (χ0) is 14.2. The molecule has 0 atom stereocenters. The molecule has 0 saturated carbocycles. The lowest BCUT2D eigenvalue weighted by Crippen LogP contribution is -2.20. The van der Waals surface area contributed by atoms with Crippen molar-refractivity contribution in [2.24, 2.45) is 5.73 Å². The molecule has 2 heteroatoms. The second kappa shape index (κ2) is 7.71. The number of nitrogens with two attached hydrogens (primary N) is 1. The van der Waals surface area contributed by atoms with Gasteiger partial charge in [0.1, 0.15) is 0 Å². The van der Waals surface area contributed by atoms with Crippen LogP contribution in [0.2, 0.25) is 0 Å². The van der Waals surface area contributed by atoms with E-state index in [1.165, 1.54) is 29.8 Å². The predicted octanol–water partition coefficient (Wildman–Crippen LogP) is 4.13. The Kier molecular flexibility index (Phi) is 5.63. The van der Waals surface area contributed by atoms with Crippen LogP contribution < -0.4 is 10.6 Å². The van der Waals surface area contributed by atoms with Crippen molar-refractivity contribution in [1.29, 1.82) is 0 Å². The van der Waals surface area contributed by atoms with Crippen molar-refractivity contribution in [2.45, 2.75) is 26.2 Å². The number of rotatable bonds is 7. The Hall–Kier alpha value is -1.80. The van der Waals surface area contributed by atoms with Gasteiger partial charge in [-0.25, -0.2) is 0 Å². The maximum atomic E-state index is 5.75. The summed E-state index contributed by atoms with van der Waals surface area (Å²) in [6.07, 6.45) is 3.31. The highest BCUT2D eigenvalue weighted by atomic mass is 15.1. The molecule has 0 bridgehead atoms. The average molecular weight is 268 g/mol. The SMILES string of the molecule is CCCCN(c1ccccc1)c1ccccc1CCN. The van der Waals surface area contributed by atoms with Crippen LogP contribution in [0.3, 0.4) is 0 Å². The van der Waals surface area contributed by atoms with E-state index in [2.05, 4.69) is 66.4 Å².